The minimum absolute atomic E-state index is 0.644. The van der Waals surface area contributed by atoms with Crippen molar-refractivity contribution < 1.29 is 0 Å². The van der Waals surface area contributed by atoms with Gasteiger partial charge in [-0.05, 0) is 43.5 Å². The predicted molar refractivity (Wildman–Crippen MR) is 60.8 cm³/mol. The first kappa shape index (κ1) is 8.92. The van der Waals surface area contributed by atoms with E-state index in [2.05, 4.69) is 27.5 Å². The van der Waals surface area contributed by atoms with Gasteiger partial charge in [-0.25, -0.2) is 0 Å². The summed E-state index contributed by atoms with van der Waals surface area (Å²) < 4.78 is 0. The zero-order chi connectivity index (χ0) is 10.1. The number of rotatable bonds is 2. The van der Waals surface area contributed by atoms with Gasteiger partial charge in [-0.3, -0.25) is 4.98 Å². The number of aromatic nitrogens is 2. The Kier molecular flexibility index (Phi) is 2.18. The molecule has 1 aliphatic rings. The Hall–Kier alpha value is -1.35. The van der Waals surface area contributed by atoms with Crippen molar-refractivity contribution in [1.29, 1.82) is 0 Å². The fourth-order valence-electron chi connectivity index (χ4n) is 2.36. The van der Waals surface area contributed by atoms with E-state index in [-0.39, 0.29) is 0 Å². The third-order valence-corrected chi connectivity index (χ3v) is 3.14. The highest BCUT2D eigenvalue weighted by Gasteiger charge is 2.16. The Morgan fingerprint density at radius 2 is 2.47 bits per heavy atom. The van der Waals surface area contributed by atoms with Gasteiger partial charge in [-0.2, -0.15) is 0 Å². The van der Waals surface area contributed by atoms with E-state index < -0.39 is 0 Å². The van der Waals surface area contributed by atoms with Crippen LogP contribution in [0.15, 0.2) is 24.5 Å². The van der Waals surface area contributed by atoms with Crippen LogP contribution in [0.5, 0.6) is 0 Å². The lowest BCUT2D eigenvalue weighted by Gasteiger charge is -2.07. The van der Waals surface area contributed by atoms with Gasteiger partial charge in [0, 0.05) is 18.4 Å². The van der Waals surface area contributed by atoms with Crippen molar-refractivity contribution >= 4 is 11.0 Å². The molecule has 1 saturated heterocycles. The van der Waals surface area contributed by atoms with Crippen LogP contribution in [0.1, 0.15) is 18.4 Å². The zero-order valence-corrected chi connectivity index (χ0v) is 8.66. The van der Waals surface area contributed by atoms with Crippen molar-refractivity contribution in [2.75, 3.05) is 6.54 Å². The Morgan fingerprint density at radius 1 is 1.47 bits per heavy atom. The summed E-state index contributed by atoms with van der Waals surface area (Å²) in [6, 6.07) is 4.69. The Balaban J connectivity index is 1.90. The third kappa shape index (κ3) is 1.63. The van der Waals surface area contributed by atoms with Crippen LogP contribution >= 0.6 is 0 Å². The molecule has 3 heteroatoms. The second-order valence-electron chi connectivity index (χ2n) is 4.21. The summed E-state index contributed by atoms with van der Waals surface area (Å²) in [5.41, 5.74) is 3.61. The van der Waals surface area contributed by atoms with Crippen LogP contribution in [0.3, 0.4) is 0 Å². The molecule has 0 bridgehead atoms. The molecular formula is C12H15N3. The van der Waals surface area contributed by atoms with E-state index >= 15 is 0 Å². The molecule has 2 N–H and O–H groups in total. The molecule has 1 fully saturated rings. The smallest absolute Gasteiger partial charge is 0.0911 e. The van der Waals surface area contributed by atoms with E-state index in [9.17, 15) is 0 Å². The second-order valence-corrected chi connectivity index (χ2v) is 4.21. The minimum Gasteiger partial charge on any atom is -0.360 e. The molecule has 3 heterocycles. The first-order chi connectivity index (χ1) is 7.43. The number of nitrogens with one attached hydrogen (secondary N) is 2. The molecule has 0 radical (unpaired) electrons. The number of nitrogens with zero attached hydrogens (tertiary/aromatic N) is 1. The molecule has 78 valence electrons. The zero-order valence-electron chi connectivity index (χ0n) is 8.66. The molecule has 0 aromatic carbocycles. The lowest BCUT2D eigenvalue weighted by molar-refractivity contribution is 0.604. The van der Waals surface area contributed by atoms with E-state index in [0.717, 1.165) is 17.5 Å². The van der Waals surface area contributed by atoms with Gasteiger partial charge in [0.1, 0.15) is 0 Å². The maximum Gasteiger partial charge on any atom is 0.0911 e. The molecule has 1 unspecified atom stereocenters. The van der Waals surface area contributed by atoms with Crippen molar-refractivity contribution in [3.63, 3.8) is 0 Å². The fourth-order valence-corrected chi connectivity index (χ4v) is 2.36. The van der Waals surface area contributed by atoms with Crippen LogP contribution in [0.4, 0.5) is 0 Å². The normalized spacial score (nSPS) is 21.2. The molecule has 3 rings (SSSR count). The highest BCUT2D eigenvalue weighted by atomic mass is 14.9. The first-order valence-corrected chi connectivity index (χ1v) is 5.58. The first-order valence-electron chi connectivity index (χ1n) is 5.58. The van der Waals surface area contributed by atoms with Gasteiger partial charge in [-0.15, -0.1) is 0 Å². The van der Waals surface area contributed by atoms with Crippen molar-refractivity contribution in [2.24, 2.45) is 0 Å². The second kappa shape index (κ2) is 3.66. The largest absolute Gasteiger partial charge is 0.360 e. The highest BCUT2D eigenvalue weighted by Crippen LogP contribution is 2.19. The summed E-state index contributed by atoms with van der Waals surface area (Å²) >= 11 is 0. The summed E-state index contributed by atoms with van der Waals surface area (Å²) in [6.45, 7) is 1.17. The monoisotopic (exact) mass is 201 g/mol. The summed E-state index contributed by atoms with van der Waals surface area (Å²) in [5, 5.41) is 3.52. The molecule has 1 aliphatic heterocycles. The van der Waals surface area contributed by atoms with Crippen molar-refractivity contribution in [2.45, 2.75) is 25.3 Å². The molecule has 2 aromatic rings. The standard InChI is InChI=1S/C12H15N3/c1-3-10(13-5-1)7-9-8-15-11-4-2-6-14-12(9)11/h2,4,6,8,10,13,15H,1,3,5,7H2. The van der Waals surface area contributed by atoms with Gasteiger partial charge in [0.15, 0.2) is 0 Å². The van der Waals surface area contributed by atoms with Crippen molar-refractivity contribution in [1.82, 2.24) is 15.3 Å². The number of aromatic amines is 1. The Bertz CT molecular complexity index is 455. The highest BCUT2D eigenvalue weighted by molar-refractivity contribution is 5.78. The van der Waals surface area contributed by atoms with Gasteiger partial charge < -0.3 is 10.3 Å². The molecule has 1 atom stereocenters. The topological polar surface area (TPSA) is 40.7 Å². The summed E-state index contributed by atoms with van der Waals surface area (Å²) in [7, 11) is 0. The maximum absolute atomic E-state index is 4.42. The van der Waals surface area contributed by atoms with Crippen LogP contribution in [-0.2, 0) is 6.42 Å². The average molecular weight is 201 g/mol. The lowest BCUT2D eigenvalue weighted by Crippen LogP contribution is -2.23. The third-order valence-electron chi connectivity index (χ3n) is 3.14. The summed E-state index contributed by atoms with van der Waals surface area (Å²) in [6.07, 6.45) is 7.65. The Morgan fingerprint density at radius 3 is 3.33 bits per heavy atom. The Labute approximate surface area is 88.9 Å². The minimum atomic E-state index is 0.644. The summed E-state index contributed by atoms with van der Waals surface area (Å²) in [4.78, 5) is 7.70. The molecule has 2 aromatic heterocycles. The van der Waals surface area contributed by atoms with Crippen molar-refractivity contribution in [3.8, 4) is 0 Å². The summed E-state index contributed by atoms with van der Waals surface area (Å²) in [5.74, 6) is 0. The van der Waals surface area contributed by atoms with Crippen molar-refractivity contribution in [3.05, 3.63) is 30.1 Å². The number of hydrogen-bond donors (Lipinski definition) is 2. The molecular weight excluding hydrogens is 186 g/mol. The number of pyridine rings is 1. The van der Waals surface area contributed by atoms with Gasteiger partial charge >= 0.3 is 0 Å². The fraction of sp³-hybridized carbons (Fsp3) is 0.417. The van der Waals surface area contributed by atoms with E-state index in [0.29, 0.717) is 6.04 Å². The molecule has 0 saturated carbocycles. The number of H-pyrrole nitrogens is 1. The number of hydrogen-bond acceptors (Lipinski definition) is 2. The van der Waals surface area contributed by atoms with Crippen LogP contribution < -0.4 is 5.32 Å². The van der Waals surface area contributed by atoms with Crippen LogP contribution in [0.2, 0.25) is 0 Å². The quantitative estimate of drug-likeness (QED) is 0.778. The SMILES string of the molecule is c1cnc2c(CC3CCCN3)c[nH]c2c1. The van der Waals surface area contributed by atoms with Crippen LogP contribution in [0, 0.1) is 0 Å². The van der Waals surface area contributed by atoms with Crippen LogP contribution in [0.25, 0.3) is 11.0 Å². The van der Waals surface area contributed by atoms with Gasteiger partial charge in [0.2, 0.25) is 0 Å². The van der Waals surface area contributed by atoms with E-state index in [1.807, 2.05) is 12.3 Å². The molecule has 0 aliphatic carbocycles. The van der Waals surface area contributed by atoms with Gasteiger partial charge in [0.05, 0.1) is 11.0 Å². The van der Waals surface area contributed by atoms with E-state index in [4.69, 9.17) is 0 Å². The maximum atomic E-state index is 4.42. The predicted octanol–water partition coefficient (Wildman–Crippen LogP) is 1.86. The molecule has 15 heavy (non-hydrogen) atoms. The number of fused-ring (bicyclic) bond motifs is 1. The average Bonchev–Trinajstić information content (AvgIpc) is 2.89. The van der Waals surface area contributed by atoms with E-state index in [1.54, 1.807) is 0 Å². The molecule has 0 spiro atoms. The van der Waals surface area contributed by atoms with E-state index in [1.165, 1.54) is 24.9 Å². The van der Waals surface area contributed by atoms with Gasteiger partial charge in [0.25, 0.3) is 0 Å². The molecule has 3 nitrogen and oxygen atoms in total. The molecule has 0 amide bonds. The lowest BCUT2D eigenvalue weighted by atomic mass is 10.1. The van der Waals surface area contributed by atoms with Crippen LogP contribution in [-0.4, -0.2) is 22.6 Å². The van der Waals surface area contributed by atoms with Gasteiger partial charge in [-0.1, -0.05) is 0 Å².